The van der Waals surface area contributed by atoms with Crippen molar-refractivity contribution in [2.24, 2.45) is 7.05 Å². The molecule has 0 aromatic carbocycles. The number of hydrogen-bond donors (Lipinski definition) is 1. The fraction of sp³-hybridized carbons (Fsp3) is 0.750. The minimum Gasteiger partial charge on any atom is -0.371 e. The molecule has 0 aliphatic rings. The van der Waals surface area contributed by atoms with Crippen molar-refractivity contribution in [3.63, 3.8) is 0 Å². The van der Waals surface area contributed by atoms with Gasteiger partial charge >= 0.3 is 6.18 Å². The van der Waals surface area contributed by atoms with Crippen LogP contribution in [0.3, 0.4) is 0 Å². The van der Waals surface area contributed by atoms with Crippen LogP contribution in [0.1, 0.15) is 29.9 Å². The van der Waals surface area contributed by atoms with Gasteiger partial charge in [-0.15, -0.1) is 0 Å². The van der Waals surface area contributed by atoms with Gasteiger partial charge in [-0.25, -0.2) is 0 Å². The molecule has 0 spiro atoms. The van der Waals surface area contributed by atoms with E-state index in [4.69, 9.17) is 0 Å². The molecule has 1 heterocycles. The van der Waals surface area contributed by atoms with Gasteiger partial charge in [0.1, 0.15) is 6.61 Å². The van der Waals surface area contributed by atoms with Gasteiger partial charge in [-0.3, -0.25) is 4.68 Å². The molecule has 19 heavy (non-hydrogen) atoms. The SMILES string of the molecule is Cc1nn(C)c(C)c1C(C)NCCOCC(F)(F)F. The van der Waals surface area contributed by atoms with E-state index in [9.17, 15) is 13.2 Å². The normalized spacial score (nSPS) is 13.8. The number of halogens is 3. The van der Waals surface area contributed by atoms with Crippen LogP contribution in [0.5, 0.6) is 0 Å². The van der Waals surface area contributed by atoms with Gasteiger partial charge in [0.2, 0.25) is 0 Å². The van der Waals surface area contributed by atoms with Crippen LogP contribution < -0.4 is 5.32 Å². The van der Waals surface area contributed by atoms with Crippen LogP contribution in [0, 0.1) is 13.8 Å². The maximum absolute atomic E-state index is 11.9. The molecule has 0 saturated carbocycles. The molecule has 1 aromatic heterocycles. The first-order chi connectivity index (χ1) is 8.72. The Hall–Kier alpha value is -1.08. The Bertz CT molecular complexity index is 415. The van der Waals surface area contributed by atoms with Crippen LogP contribution in [0.4, 0.5) is 13.2 Å². The minimum atomic E-state index is -4.26. The summed E-state index contributed by atoms with van der Waals surface area (Å²) in [6, 6.07) is 0.0307. The molecule has 1 aromatic rings. The first-order valence-corrected chi connectivity index (χ1v) is 6.10. The van der Waals surface area contributed by atoms with Crippen molar-refractivity contribution >= 4 is 0 Å². The monoisotopic (exact) mass is 279 g/mol. The molecule has 0 radical (unpaired) electrons. The number of aryl methyl sites for hydroxylation is 2. The predicted molar refractivity (Wildman–Crippen MR) is 66.0 cm³/mol. The van der Waals surface area contributed by atoms with E-state index in [0.29, 0.717) is 6.54 Å². The van der Waals surface area contributed by atoms with Crippen molar-refractivity contribution in [3.8, 4) is 0 Å². The Morgan fingerprint density at radius 2 is 2.00 bits per heavy atom. The second-order valence-electron chi connectivity index (χ2n) is 4.55. The average Bonchev–Trinajstić information content (AvgIpc) is 2.51. The lowest BCUT2D eigenvalue weighted by atomic mass is 10.1. The quantitative estimate of drug-likeness (QED) is 0.812. The Kier molecular flexibility index (Phi) is 5.37. The van der Waals surface area contributed by atoms with E-state index in [0.717, 1.165) is 17.0 Å². The van der Waals surface area contributed by atoms with Gasteiger partial charge in [0.15, 0.2) is 0 Å². The van der Waals surface area contributed by atoms with Crippen LogP contribution >= 0.6 is 0 Å². The molecule has 1 atom stereocenters. The van der Waals surface area contributed by atoms with E-state index in [1.54, 1.807) is 4.68 Å². The molecular formula is C12H20F3N3O. The summed E-state index contributed by atoms with van der Waals surface area (Å²) in [5.41, 5.74) is 3.06. The van der Waals surface area contributed by atoms with Gasteiger partial charge in [-0.05, 0) is 20.8 Å². The van der Waals surface area contributed by atoms with Gasteiger partial charge in [0.25, 0.3) is 0 Å². The number of aromatic nitrogens is 2. The molecule has 1 rings (SSSR count). The Morgan fingerprint density at radius 1 is 1.37 bits per heavy atom. The number of nitrogens with one attached hydrogen (secondary N) is 1. The molecule has 7 heteroatoms. The lowest BCUT2D eigenvalue weighted by Crippen LogP contribution is -2.26. The van der Waals surface area contributed by atoms with E-state index < -0.39 is 12.8 Å². The lowest BCUT2D eigenvalue weighted by molar-refractivity contribution is -0.173. The van der Waals surface area contributed by atoms with Crippen molar-refractivity contribution in [3.05, 3.63) is 17.0 Å². The predicted octanol–water partition coefficient (Wildman–Crippen LogP) is 2.27. The number of rotatable bonds is 6. The van der Waals surface area contributed by atoms with E-state index in [2.05, 4.69) is 15.2 Å². The Morgan fingerprint density at radius 3 is 2.47 bits per heavy atom. The lowest BCUT2D eigenvalue weighted by Gasteiger charge is -2.15. The number of hydrogen-bond acceptors (Lipinski definition) is 3. The Labute approximate surface area is 110 Å². The second kappa shape index (κ2) is 6.38. The molecule has 0 fully saturated rings. The molecule has 0 aliphatic heterocycles. The third-order valence-corrected chi connectivity index (χ3v) is 2.96. The highest BCUT2D eigenvalue weighted by Crippen LogP contribution is 2.20. The number of alkyl halides is 3. The molecule has 1 unspecified atom stereocenters. The summed E-state index contributed by atoms with van der Waals surface area (Å²) >= 11 is 0. The number of nitrogens with zero attached hydrogens (tertiary/aromatic N) is 2. The van der Waals surface area contributed by atoms with E-state index in [1.165, 1.54) is 0 Å². The molecule has 0 saturated heterocycles. The summed E-state index contributed by atoms with van der Waals surface area (Å²) in [6.45, 7) is 5.04. The third-order valence-electron chi connectivity index (χ3n) is 2.96. The maximum atomic E-state index is 11.9. The van der Waals surface area contributed by atoms with Crippen LogP contribution in [-0.2, 0) is 11.8 Å². The highest BCUT2D eigenvalue weighted by Gasteiger charge is 2.27. The van der Waals surface area contributed by atoms with Crippen molar-refractivity contribution < 1.29 is 17.9 Å². The van der Waals surface area contributed by atoms with Crippen molar-refractivity contribution in [1.29, 1.82) is 0 Å². The van der Waals surface area contributed by atoms with E-state index in [1.807, 2.05) is 27.8 Å². The standard InChI is InChI=1S/C12H20F3N3O/c1-8(11-9(2)17-18(4)10(11)3)16-5-6-19-7-12(13,14)15/h8,16H,5-7H2,1-4H3. The second-order valence-corrected chi connectivity index (χ2v) is 4.55. The van der Waals surface area contributed by atoms with Crippen molar-refractivity contribution in [2.75, 3.05) is 19.8 Å². The Balaban J connectivity index is 2.38. The maximum Gasteiger partial charge on any atom is 0.411 e. The summed E-state index contributed by atoms with van der Waals surface area (Å²) in [7, 11) is 1.87. The largest absolute Gasteiger partial charge is 0.411 e. The molecule has 0 amide bonds. The summed E-state index contributed by atoms with van der Waals surface area (Å²) in [5, 5.41) is 7.44. The highest BCUT2D eigenvalue weighted by atomic mass is 19.4. The van der Waals surface area contributed by atoms with Gasteiger partial charge in [0.05, 0.1) is 12.3 Å². The molecule has 1 N–H and O–H groups in total. The first kappa shape index (κ1) is 16.0. The van der Waals surface area contributed by atoms with Crippen LogP contribution in [-0.4, -0.2) is 35.7 Å². The van der Waals surface area contributed by atoms with Gasteiger partial charge < -0.3 is 10.1 Å². The van der Waals surface area contributed by atoms with Crippen LogP contribution in [0.25, 0.3) is 0 Å². The van der Waals surface area contributed by atoms with Gasteiger partial charge in [-0.1, -0.05) is 0 Å². The first-order valence-electron chi connectivity index (χ1n) is 6.10. The van der Waals surface area contributed by atoms with Crippen molar-refractivity contribution in [1.82, 2.24) is 15.1 Å². The topological polar surface area (TPSA) is 39.1 Å². The molecule has 0 aliphatic carbocycles. The smallest absolute Gasteiger partial charge is 0.371 e. The molecular weight excluding hydrogens is 259 g/mol. The highest BCUT2D eigenvalue weighted by molar-refractivity contribution is 5.27. The summed E-state index contributed by atoms with van der Waals surface area (Å²) in [5.74, 6) is 0. The van der Waals surface area contributed by atoms with E-state index in [-0.39, 0.29) is 12.6 Å². The average molecular weight is 279 g/mol. The van der Waals surface area contributed by atoms with E-state index >= 15 is 0 Å². The van der Waals surface area contributed by atoms with Gasteiger partial charge in [0, 0.05) is 30.9 Å². The van der Waals surface area contributed by atoms with Crippen LogP contribution in [0.15, 0.2) is 0 Å². The fourth-order valence-electron chi connectivity index (χ4n) is 2.05. The fourth-order valence-corrected chi connectivity index (χ4v) is 2.05. The van der Waals surface area contributed by atoms with Crippen LogP contribution in [0.2, 0.25) is 0 Å². The molecule has 0 bridgehead atoms. The van der Waals surface area contributed by atoms with Crippen molar-refractivity contribution in [2.45, 2.75) is 33.0 Å². The zero-order valence-electron chi connectivity index (χ0n) is 11.6. The number of ether oxygens (including phenoxy) is 1. The third kappa shape index (κ3) is 4.83. The zero-order chi connectivity index (χ0) is 14.6. The zero-order valence-corrected chi connectivity index (χ0v) is 11.6. The summed E-state index contributed by atoms with van der Waals surface area (Å²) in [4.78, 5) is 0. The van der Waals surface area contributed by atoms with Gasteiger partial charge in [-0.2, -0.15) is 18.3 Å². The summed E-state index contributed by atoms with van der Waals surface area (Å²) < 4.78 is 41.9. The summed E-state index contributed by atoms with van der Waals surface area (Å²) in [6.07, 6.45) is -4.26. The molecule has 4 nitrogen and oxygen atoms in total. The minimum absolute atomic E-state index is 0.0300. The molecule has 110 valence electrons.